The van der Waals surface area contributed by atoms with E-state index in [9.17, 15) is 14.7 Å². The number of hydrogen-bond acceptors (Lipinski definition) is 5. The predicted octanol–water partition coefficient (Wildman–Crippen LogP) is 1.67. The molecule has 0 radical (unpaired) electrons. The van der Waals surface area contributed by atoms with Crippen molar-refractivity contribution in [2.75, 3.05) is 6.61 Å². The Bertz CT molecular complexity index is 580. The van der Waals surface area contributed by atoms with E-state index in [1.165, 1.54) is 6.92 Å². The molecule has 122 valence electrons. The molecule has 22 heavy (non-hydrogen) atoms. The number of fused-ring (bicyclic) bond motifs is 1. The fourth-order valence-corrected chi connectivity index (χ4v) is 6.16. The Labute approximate surface area is 130 Å². The van der Waals surface area contributed by atoms with Crippen LogP contribution in [0.3, 0.4) is 0 Å². The third kappa shape index (κ3) is 1.35. The standard InChI is InChI=1S/C17H24O5/c1-9(18)22-12-10-5-14(2,3)6-11(10)15(4,20)17-7-16(12,17)8-21-13(17)19/h10-12,20H,5-8H2,1-4H3/t10-,11+,12+,15+,16-,17+/m1/s1. The van der Waals surface area contributed by atoms with Crippen LogP contribution < -0.4 is 0 Å². The summed E-state index contributed by atoms with van der Waals surface area (Å²) in [6.45, 7) is 7.84. The summed E-state index contributed by atoms with van der Waals surface area (Å²) in [4.78, 5) is 24.1. The summed E-state index contributed by atoms with van der Waals surface area (Å²) < 4.78 is 11.0. The summed E-state index contributed by atoms with van der Waals surface area (Å²) in [5, 5.41) is 11.3. The minimum absolute atomic E-state index is 0.0341. The number of ether oxygens (including phenoxy) is 2. The Morgan fingerprint density at radius 1 is 1.32 bits per heavy atom. The molecule has 0 spiro atoms. The molecule has 0 aromatic carbocycles. The molecular formula is C17H24O5. The molecule has 0 amide bonds. The Kier molecular flexibility index (Phi) is 2.43. The van der Waals surface area contributed by atoms with Crippen molar-refractivity contribution in [1.29, 1.82) is 0 Å². The van der Waals surface area contributed by atoms with E-state index in [1.807, 2.05) is 0 Å². The minimum atomic E-state index is -1.09. The maximum absolute atomic E-state index is 12.4. The van der Waals surface area contributed by atoms with E-state index in [0.29, 0.717) is 6.42 Å². The Morgan fingerprint density at radius 3 is 2.64 bits per heavy atom. The zero-order valence-electron chi connectivity index (χ0n) is 13.6. The lowest BCUT2D eigenvalue weighted by atomic mass is 9.60. The lowest BCUT2D eigenvalue weighted by Crippen LogP contribution is -2.59. The molecule has 0 aromatic rings. The maximum Gasteiger partial charge on any atom is 0.315 e. The highest BCUT2D eigenvalue weighted by atomic mass is 16.6. The number of carbonyl (C=O) groups excluding carboxylic acids is 2. The first-order chi connectivity index (χ1) is 10.1. The molecule has 1 saturated heterocycles. The average molecular weight is 308 g/mol. The molecule has 4 fully saturated rings. The third-order valence-electron chi connectivity index (χ3n) is 7.00. The van der Waals surface area contributed by atoms with Gasteiger partial charge in [-0.2, -0.15) is 0 Å². The average Bonchev–Trinajstić information content (AvgIpc) is 2.87. The second-order valence-electron chi connectivity index (χ2n) is 8.83. The summed E-state index contributed by atoms with van der Waals surface area (Å²) >= 11 is 0. The molecule has 1 aliphatic heterocycles. The molecule has 5 nitrogen and oxygen atoms in total. The number of hydrogen-bond donors (Lipinski definition) is 1. The van der Waals surface area contributed by atoms with Gasteiger partial charge in [0.25, 0.3) is 0 Å². The summed E-state index contributed by atoms with van der Waals surface area (Å²) in [5.74, 6) is -0.561. The molecule has 3 saturated carbocycles. The molecule has 5 heteroatoms. The zero-order chi connectivity index (χ0) is 16.1. The monoisotopic (exact) mass is 308 g/mol. The second-order valence-corrected chi connectivity index (χ2v) is 8.83. The summed E-state index contributed by atoms with van der Waals surface area (Å²) in [7, 11) is 0. The van der Waals surface area contributed by atoms with Crippen molar-refractivity contribution in [1.82, 2.24) is 0 Å². The maximum atomic E-state index is 12.4. The van der Waals surface area contributed by atoms with Crippen LogP contribution in [0.4, 0.5) is 0 Å². The minimum Gasteiger partial charge on any atom is -0.464 e. The first kappa shape index (κ1) is 14.5. The van der Waals surface area contributed by atoms with E-state index in [0.717, 1.165) is 12.8 Å². The van der Waals surface area contributed by atoms with Crippen LogP contribution in [0.2, 0.25) is 0 Å². The van der Waals surface area contributed by atoms with Crippen LogP contribution in [-0.2, 0) is 19.1 Å². The van der Waals surface area contributed by atoms with Gasteiger partial charge in [0.05, 0.1) is 11.0 Å². The van der Waals surface area contributed by atoms with Crippen molar-refractivity contribution in [2.24, 2.45) is 28.1 Å². The van der Waals surface area contributed by atoms with E-state index < -0.39 is 16.4 Å². The highest BCUT2D eigenvalue weighted by molar-refractivity contribution is 5.87. The fourth-order valence-electron chi connectivity index (χ4n) is 6.16. The summed E-state index contributed by atoms with van der Waals surface area (Å²) in [6.07, 6.45) is 2.01. The highest BCUT2D eigenvalue weighted by Crippen LogP contribution is 2.82. The van der Waals surface area contributed by atoms with Gasteiger partial charge in [-0.1, -0.05) is 13.8 Å². The van der Waals surface area contributed by atoms with Crippen LogP contribution in [0.15, 0.2) is 0 Å². The SMILES string of the molecule is CC(=O)O[C@H]1[C@@H]2CC(C)(C)C[C@@H]2[C@](C)(O)[C@@]23C[C@@]12COC3=O. The number of cyclic esters (lactones) is 1. The van der Waals surface area contributed by atoms with Gasteiger partial charge in [0.1, 0.15) is 18.1 Å². The van der Waals surface area contributed by atoms with E-state index in [4.69, 9.17) is 9.47 Å². The van der Waals surface area contributed by atoms with Crippen LogP contribution >= 0.6 is 0 Å². The van der Waals surface area contributed by atoms with Gasteiger partial charge < -0.3 is 14.6 Å². The number of rotatable bonds is 1. The molecule has 3 aliphatic carbocycles. The van der Waals surface area contributed by atoms with E-state index >= 15 is 0 Å². The Morgan fingerprint density at radius 2 is 2.00 bits per heavy atom. The van der Waals surface area contributed by atoms with Gasteiger partial charge in [-0.15, -0.1) is 0 Å². The second kappa shape index (κ2) is 3.69. The van der Waals surface area contributed by atoms with Gasteiger partial charge >= 0.3 is 11.9 Å². The Balaban J connectivity index is 1.84. The predicted molar refractivity (Wildman–Crippen MR) is 76.6 cm³/mol. The molecular weight excluding hydrogens is 284 g/mol. The molecule has 4 rings (SSSR count). The number of esters is 2. The molecule has 1 heterocycles. The van der Waals surface area contributed by atoms with Crippen molar-refractivity contribution in [3.8, 4) is 0 Å². The first-order valence-corrected chi connectivity index (χ1v) is 8.14. The van der Waals surface area contributed by atoms with Gasteiger partial charge in [-0.05, 0) is 37.5 Å². The lowest BCUT2D eigenvalue weighted by Gasteiger charge is -2.48. The van der Waals surface area contributed by atoms with E-state index in [1.54, 1.807) is 6.92 Å². The molecule has 1 N–H and O–H groups in total. The van der Waals surface area contributed by atoms with Crippen LogP contribution in [0, 0.1) is 28.1 Å². The molecule has 6 atom stereocenters. The lowest BCUT2D eigenvalue weighted by molar-refractivity contribution is -0.186. The van der Waals surface area contributed by atoms with Crippen molar-refractivity contribution >= 4 is 11.9 Å². The van der Waals surface area contributed by atoms with Gasteiger partial charge in [0.2, 0.25) is 0 Å². The molecule has 4 aliphatic rings. The van der Waals surface area contributed by atoms with Gasteiger partial charge in [-0.3, -0.25) is 9.59 Å². The Hall–Kier alpha value is -1.10. The quantitative estimate of drug-likeness (QED) is 0.746. The largest absolute Gasteiger partial charge is 0.464 e. The topological polar surface area (TPSA) is 72.8 Å². The number of aliphatic hydroxyl groups is 1. The van der Waals surface area contributed by atoms with Crippen molar-refractivity contribution in [3.05, 3.63) is 0 Å². The summed E-state index contributed by atoms with van der Waals surface area (Å²) in [6, 6.07) is 0. The van der Waals surface area contributed by atoms with Gasteiger partial charge in [0, 0.05) is 12.8 Å². The third-order valence-corrected chi connectivity index (χ3v) is 7.00. The highest BCUT2D eigenvalue weighted by Gasteiger charge is 2.91. The van der Waals surface area contributed by atoms with E-state index in [2.05, 4.69) is 13.8 Å². The number of carbonyl (C=O) groups is 2. The first-order valence-electron chi connectivity index (χ1n) is 8.14. The van der Waals surface area contributed by atoms with Crippen LogP contribution in [-0.4, -0.2) is 35.4 Å². The normalized spacial score (nSPS) is 54.0. The summed E-state index contributed by atoms with van der Waals surface area (Å²) in [5.41, 5.74) is -2.39. The van der Waals surface area contributed by atoms with Crippen LogP contribution in [0.25, 0.3) is 0 Å². The van der Waals surface area contributed by atoms with Crippen LogP contribution in [0.5, 0.6) is 0 Å². The van der Waals surface area contributed by atoms with Crippen LogP contribution in [0.1, 0.15) is 47.0 Å². The smallest absolute Gasteiger partial charge is 0.315 e. The van der Waals surface area contributed by atoms with Crippen molar-refractivity contribution in [3.63, 3.8) is 0 Å². The molecule has 0 aromatic heterocycles. The van der Waals surface area contributed by atoms with E-state index in [-0.39, 0.29) is 41.9 Å². The molecule has 0 unspecified atom stereocenters. The zero-order valence-corrected chi connectivity index (χ0v) is 13.6. The van der Waals surface area contributed by atoms with Crippen molar-refractivity contribution in [2.45, 2.75) is 58.7 Å². The van der Waals surface area contributed by atoms with Crippen molar-refractivity contribution < 1.29 is 24.2 Å². The van der Waals surface area contributed by atoms with Gasteiger partial charge in [0.15, 0.2) is 0 Å². The fraction of sp³-hybridized carbons (Fsp3) is 0.882. The van der Waals surface area contributed by atoms with Gasteiger partial charge in [-0.25, -0.2) is 0 Å². The molecule has 0 bridgehead atoms.